The second-order valence-electron chi connectivity index (χ2n) is 6.76. The van der Waals surface area contributed by atoms with Crippen LogP contribution in [0.1, 0.15) is 16.7 Å². The van der Waals surface area contributed by atoms with Crippen LogP contribution in [0.5, 0.6) is 5.75 Å². The standard InChI is InChI=1S/C21H26ClN3O/c1-16-14-19(15-17(2)20(16)22)26-13-12-24-8-10-25(11-9-24)21(23)18-6-4-3-5-7-18/h3-7,14-15,23H,8-13H2,1-2H3. The molecule has 0 aliphatic carbocycles. The lowest BCUT2D eigenvalue weighted by atomic mass is 10.1. The third kappa shape index (κ3) is 4.57. The summed E-state index contributed by atoms with van der Waals surface area (Å²) in [6.07, 6.45) is 0. The molecule has 3 rings (SSSR count). The van der Waals surface area contributed by atoms with Gasteiger partial charge in [-0.25, -0.2) is 0 Å². The summed E-state index contributed by atoms with van der Waals surface area (Å²) in [6, 6.07) is 13.9. The van der Waals surface area contributed by atoms with Gasteiger partial charge in [0.2, 0.25) is 0 Å². The van der Waals surface area contributed by atoms with Crippen LogP contribution in [-0.4, -0.2) is 55.0 Å². The Labute approximate surface area is 160 Å². The fourth-order valence-electron chi connectivity index (χ4n) is 3.26. The third-order valence-corrected chi connectivity index (χ3v) is 5.42. The van der Waals surface area contributed by atoms with Crippen molar-refractivity contribution < 1.29 is 4.74 Å². The van der Waals surface area contributed by atoms with Gasteiger partial charge in [0.1, 0.15) is 18.2 Å². The molecule has 0 unspecified atom stereocenters. The quantitative estimate of drug-likeness (QED) is 0.638. The molecule has 0 amide bonds. The largest absolute Gasteiger partial charge is 0.492 e. The molecule has 26 heavy (non-hydrogen) atoms. The molecular formula is C21H26ClN3O. The topological polar surface area (TPSA) is 39.6 Å². The summed E-state index contributed by atoms with van der Waals surface area (Å²) in [5.41, 5.74) is 3.09. The molecule has 2 aromatic rings. The third-order valence-electron chi connectivity index (χ3n) is 4.82. The first-order valence-electron chi connectivity index (χ1n) is 9.05. The van der Waals surface area contributed by atoms with E-state index in [1.165, 1.54) is 0 Å². The summed E-state index contributed by atoms with van der Waals surface area (Å²) < 4.78 is 5.91. The number of ether oxygens (including phenoxy) is 1. The average molecular weight is 372 g/mol. The summed E-state index contributed by atoms with van der Waals surface area (Å²) in [5.74, 6) is 1.50. The maximum atomic E-state index is 8.37. The molecule has 1 aliphatic rings. The Morgan fingerprint density at radius 1 is 1.04 bits per heavy atom. The van der Waals surface area contributed by atoms with Crippen molar-refractivity contribution in [2.75, 3.05) is 39.3 Å². The first-order chi connectivity index (χ1) is 12.5. The Morgan fingerprint density at radius 2 is 1.65 bits per heavy atom. The minimum absolute atomic E-state index is 0.619. The van der Waals surface area contributed by atoms with Gasteiger partial charge < -0.3 is 9.64 Å². The van der Waals surface area contributed by atoms with Gasteiger partial charge in [0.15, 0.2) is 0 Å². The normalized spacial score (nSPS) is 15.1. The lowest BCUT2D eigenvalue weighted by Crippen LogP contribution is -2.49. The van der Waals surface area contributed by atoms with Crippen LogP contribution >= 0.6 is 11.6 Å². The minimum atomic E-state index is 0.619. The van der Waals surface area contributed by atoms with Crippen LogP contribution in [0.3, 0.4) is 0 Å². The monoisotopic (exact) mass is 371 g/mol. The van der Waals surface area contributed by atoms with Crippen molar-refractivity contribution in [1.82, 2.24) is 9.80 Å². The number of nitrogens with zero attached hydrogens (tertiary/aromatic N) is 2. The zero-order valence-corrected chi connectivity index (χ0v) is 16.2. The van der Waals surface area contributed by atoms with Gasteiger partial charge in [0.05, 0.1) is 0 Å². The lowest BCUT2D eigenvalue weighted by Gasteiger charge is -2.36. The van der Waals surface area contributed by atoms with Crippen LogP contribution in [-0.2, 0) is 0 Å². The van der Waals surface area contributed by atoms with Gasteiger partial charge >= 0.3 is 0 Å². The number of aryl methyl sites for hydroxylation is 2. The van der Waals surface area contributed by atoms with Crippen LogP contribution in [0.15, 0.2) is 42.5 Å². The Hall–Kier alpha value is -2.04. The molecule has 0 radical (unpaired) electrons. The van der Waals surface area contributed by atoms with E-state index in [4.69, 9.17) is 21.7 Å². The van der Waals surface area contributed by atoms with Gasteiger partial charge in [0, 0.05) is 43.3 Å². The number of piperazine rings is 1. The van der Waals surface area contributed by atoms with E-state index in [-0.39, 0.29) is 0 Å². The predicted molar refractivity (Wildman–Crippen MR) is 108 cm³/mol. The number of rotatable bonds is 5. The van der Waals surface area contributed by atoms with Crippen molar-refractivity contribution in [3.8, 4) is 5.75 Å². The zero-order valence-electron chi connectivity index (χ0n) is 15.5. The Kier molecular flexibility index (Phi) is 6.17. The molecule has 0 bridgehead atoms. The lowest BCUT2D eigenvalue weighted by molar-refractivity contribution is 0.154. The summed E-state index contributed by atoms with van der Waals surface area (Å²) in [7, 11) is 0. The van der Waals surface area contributed by atoms with Gasteiger partial charge in [-0.2, -0.15) is 0 Å². The molecule has 1 saturated heterocycles. The Bertz CT molecular complexity index is 732. The van der Waals surface area contributed by atoms with Gasteiger partial charge in [-0.3, -0.25) is 10.3 Å². The molecular weight excluding hydrogens is 346 g/mol. The zero-order chi connectivity index (χ0) is 18.5. The molecule has 1 heterocycles. The smallest absolute Gasteiger partial charge is 0.128 e. The number of hydrogen-bond acceptors (Lipinski definition) is 3. The van der Waals surface area contributed by atoms with E-state index in [0.717, 1.165) is 60.2 Å². The highest BCUT2D eigenvalue weighted by molar-refractivity contribution is 6.32. The fourth-order valence-corrected chi connectivity index (χ4v) is 3.36. The summed E-state index contributed by atoms with van der Waals surface area (Å²) in [6.45, 7) is 9.24. The summed E-state index contributed by atoms with van der Waals surface area (Å²) >= 11 is 6.20. The predicted octanol–water partition coefficient (Wildman–Crippen LogP) is 3.98. The van der Waals surface area contributed by atoms with E-state index in [9.17, 15) is 0 Å². The molecule has 1 fully saturated rings. The summed E-state index contributed by atoms with van der Waals surface area (Å²) in [4.78, 5) is 4.54. The van der Waals surface area contributed by atoms with Crippen LogP contribution < -0.4 is 4.74 Å². The maximum Gasteiger partial charge on any atom is 0.128 e. The molecule has 1 aliphatic heterocycles. The number of halogens is 1. The highest BCUT2D eigenvalue weighted by Crippen LogP contribution is 2.25. The van der Waals surface area contributed by atoms with Gasteiger partial charge in [0.25, 0.3) is 0 Å². The van der Waals surface area contributed by atoms with Crippen molar-refractivity contribution in [1.29, 1.82) is 5.41 Å². The van der Waals surface area contributed by atoms with Gasteiger partial charge in [-0.05, 0) is 37.1 Å². The van der Waals surface area contributed by atoms with E-state index in [1.54, 1.807) is 0 Å². The molecule has 4 nitrogen and oxygen atoms in total. The first kappa shape index (κ1) is 18.7. The molecule has 0 atom stereocenters. The SMILES string of the molecule is Cc1cc(OCCN2CCN(C(=N)c3ccccc3)CC2)cc(C)c1Cl. The number of amidine groups is 1. The highest BCUT2D eigenvalue weighted by atomic mass is 35.5. The number of hydrogen-bond donors (Lipinski definition) is 1. The fraction of sp³-hybridized carbons (Fsp3) is 0.381. The molecule has 5 heteroatoms. The van der Waals surface area contributed by atoms with Crippen LogP contribution in [0.4, 0.5) is 0 Å². The number of benzene rings is 2. The van der Waals surface area contributed by atoms with Crippen molar-refractivity contribution in [2.45, 2.75) is 13.8 Å². The Morgan fingerprint density at radius 3 is 2.27 bits per heavy atom. The molecule has 1 N–H and O–H groups in total. The van der Waals surface area contributed by atoms with Crippen molar-refractivity contribution in [3.63, 3.8) is 0 Å². The second kappa shape index (κ2) is 8.56. The van der Waals surface area contributed by atoms with Crippen molar-refractivity contribution in [2.24, 2.45) is 0 Å². The molecule has 2 aromatic carbocycles. The van der Waals surface area contributed by atoms with Gasteiger partial charge in [-0.15, -0.1) is 0 Å². The van der Waals surface area contributed by atoms with Crippen LogP contribution in [0, 0.1) is 19.3 Å². The van der Waals surface area contributed by atoms with E-state index in [0.29, 0.717) is 12.4 Å². The summed E-state index contributed by atoms with van der Waals surface area (Å²) in [5, 5.41) is 9.18. The van der Waals surface area contributed by atoms with E-state index in [2.05, 4.69) is 9.80 Å². The van der Waals surface area contributed by atoms with Crippen molar-refractivity contribution in [3.05, 3.63) is 64.2 Å². The second-order valence-corrected chi connectivity index (χ2v) is 7.14. The molecule has 138 valence electrons. The van der Waals surface area contributed by atoms with Crippen LogP contribution in [0.2, 0.25) is 5.02 Å². The van der Waals surface area contributed by atoms with E-state index >= 15 is 0 Å². The molecule has 0 spiro atoms. The van der Waals surface area contributed by atoms with E-state index in [1.807, 2.05) is 56.3 Å². The number of nitrogens with one attached hydrogen (secondary N) is 1. The van der Waals surface area contributed by atoms with Gasteiger partial charge in [-0.1, -0.05) is 41.9 Å². The van der Waals surface area contributed by atoms with E-state index < -0.39 is 0 Å². The van der Waals surface area contributed by atoms with Crippen molar-refractivity contribution >= 4 is 17.4 Å². The maximum absolute atomic E-state index is 8.37. The first-order valence-corrected chi connectivity index (χ1v) is 9.43. The average Bonchev–Trinajstić information content (AvgIpc) is 2.67. The molecule has 0 aromatic heterocycles. The highest BCUT2D eigenvalue weighted by Gasteiger charge is 2.19. The Balaban J connectivity index is 1.44. The minimum Gasteiger partial charge on any atom is -0.492 e. The molecule has 0 saturated carbocycles. The van der Waals surface area contributed by atoms with Crippen LogP contribution in [0.25, 0.3) is 0 Å².